The summed E-state index contributed by atoms with van der Waals surface area (Å²) in [4.78, 5) is 27.7. The van der Waals surface area contributed by atoms with Crippen molar-refractivity contribution in [3.63, 3.8) is 0 Å². The normalized spacial score (nSPS) is 15.6. The maximum absolute atomic E-state index is 11.2. The van der Waals surface area contributed by atoms with Crippen LogP contribution in [0.3, 0.4) is 0 Å². The molecule has 0 N–H and O–H groups in total. The lowest BCUT2D eigenvalue weighted by Gasteiger charge is -2.10. The molecule has 1 aromatic heterocycles. The van der Waals surface area contributed by atoms with Crippen molar-refractivity contribution in [3.05, 3.63) is 28.2 Å². The minimum atomic E-state index is -0.261. The summed E-state index contributed by atoms with van der Waals surface area (Å²) in [6, 6.07) is 0. The van der Waals surface area contributed by atoms with Gasteiger partial charge in [0.25, 0.3) is 11.8 Å². The molecule has 0 spiro atoms. The van der Waals surface area contributed by atoms with Crippen LogP contribution in [-0.2, 0) is 16.1 Å². The number of hydrogen-bond donors (Lipinski definition) is 0. The van der Waals surface area contributed by atoms with Gasteiger partial charge in [-0.2, -0.15) is 0 Å². The molecule has 1 aliphatic rings. The Labute approximate surface area is 84.9 Å². The average Bonchev–Trinajstić information content (AvgIpc) is 2.67. The summed E-state index contributed by atoms with van der Waals surface area (Å²) in [5.41, 5.74) is 0.914. The molecule has 0 unspecified atom stereocenters. The molecular formula is C9H8N2O2S. The van der Waals surface area contributed by atoms with E-state index in [1.165, 1.54) is 28.4 Å². The highest BCUT2D eigenvalue weighted by atomic mass is 32.1. The summed E-state index contributed by atoms with van der Waals surface area (Å²) in [6.45, 7) is 2.16. The van der Waals surface area contributed by atoms with E-state index >= 15 is 0 Å². The number of carbonyl (C=O) groups is 2. The Balaban J connectivity index is 2.12. The molecule has 72 valence electrons. The molecule has 0 saturated carbocycles. The van der Waals surface area contributed by atoms with Crippen molar-refractivity contribution in [2.75, 3.05) is 0 Å². The third-order valence-electron chi connectivity index (χ3n) is 1.86. The predicted molar refractivity (Wildman–Crippen MR) is 51.5 cm³/mol. The fraction of sp³-hybridized carbons (Fsp3) is 0.222. The smallest absolute Gasteiger partial charge is 0.254 e. The second kappa shape index (κ2) is 3.34. The number of amides is 2. The van der Waals surface area contributed by atoms with E-state index in [2.05, 4.69) is 4.98 Å². The molecule has 0 aliphatic carbocycles. The van der Waals surface area contributed by atoms with Crippen molar-refractivity contribution in [1.82, 2.24) is 9.88 Å². The van der Waals surface area contributed by atoms with Crippen molar-refractivity contribution in [3.8, 4) is 0 Å². The standard InChI is InChI=1S/C9H8N2O2S/c1-6-5-14-7(10-6)4-11-8(12)2-3-9(11)13/h2-3,5H,4H2,1H3. The second-order valence-electron chi connectivity index (χ2n) is 2.98. The number of nitrogens with zero attached hydrogens (tertiary/aromatic N) is 2. The van der Waals surface area contributed by atoms with Crippen LogP contribution >= 0.6 is 11.3 Å². The molecule has 0 aromatic carbocycles. The van der Waals surface area contributed by atoms with Crippen molar-refractivity contribution < 1.29 is 9.59 Å². The van der Waals surface area contributed by atoms with Crippen LogP contribution in [0, 0.1) is 6.92 Å². The van der Waals surface area contributed by atoms with E-state index in [-0.39, 0.29) is 18.4 Å². The van der Waals surface area contributed by atoms with E-state index in [9.17, 15) is 9.59 Å². The zero-order chi connectivity index (χ0) is 10.1. The molecule has 0 atom stereocenters. The molecule has 0 bridgehead atoms. The van der Waals surface area contributed by atoms with Gasteiger partial charge in [0.1, 0.15) is 5.01 Å². The van der Waals surface area contributed by atoms with E-state index < -0.39 is 0 Å². The lowest BCUT2D eigenvalue weighted by molar-refractivity contribution is -0.137. The van der Waals surface area contributed by atoms with Gasteiger partial charge in [0.05, 0.1) is 6.54 Å². The summed E-state index contributed by atoms with van der Waals surface area (Å²) in [6.07, 6.45) is 2.56. The van der Waals surface area contributed by atoms with Gasteiger partial charge < -0.3 is 0 Å². The highest BCUT2D eigenvalue weighted by Crippen LogP contribution is 2.14. The largest absolute Gasteiger partial charge is 0.269 e. The van der Waals surface area contributed by atoms with Crippen LogP contribution in [0.15, 0.2) is 17.5 Å². The van der Waals surface area contributed by atoms with E-state index in [1.807, 2.05) is 12.3 Å². The van der Waals surface area contributed by atoms with Gasteiger partial charge in [-0.3, -0.25) is 14.5 Å². The van der Waals surface area contributed by atoms with Gasteiger partial charge in [-0.05, 0) is 6.92 Å². The first-order valence-electron chi connectivity index (χ1n) is 4.11. The molecule has 2 amide bonds. The minimum absolute atomic E-state index is 0.261. The average molecular weight is 208 g/mol. The Bertz CT molecular complexity index is 404. The molecule has 0 fully saturated rings. The number of imide groups is 1. The predicted octanol–water partition coefficient (Wildman–Crippen LogP) is 0.877. The third-order valence-corrected chi connectivity index (χ3v) is 2.81. The van der Waals surface area contributed by atoms with Gasteiger partial charge in [-0.25, -0.2) is 4.98 Å². The van der Waals surface area contributed by atoms with E-state index in [0.717, 1.165) is 10.7 Å². The van der Waals surface area contributed by atoms with Gasteiger partial charge in [-0.15, -0.1) is 11.3 Å². The first-order valence-corrected chi connectivity index (χ1v) is 4.99. The summed E-state index contributed by atoms with van der Waals surface area (Å²) in [7, 11) is 0. The SMILES string of the molecule is Cc1csc(CN2C(=O)C=CC2=O)n1. The second-order valence-corrected chi connectivity index (χ2v) is 3.92. The van der Waals surface area contributed by atoms with E-state index in [4.69, 9.17) is 0 Å². The fourth-order valence-electron chi connectivity index (χ4n) is 1.20. The Morgan fingerprint density at radius 2 is 2.00 bits per heavy atom. The Morgan fingerprint density at radius 3 is 2.50 bits per heavy atom. The topological polar surface area (TPSA) is 50.3 Å². The fourth-order valence-corrected chi connectivity index (χ4v) is 1.96. The summed E-state index contributed by atoms with van der Waals surface area (Å²) in [5, 5.41) is 2.68. The number of aromatic nitrogens is 1. The molecule has 1 aromatic rings. The van der Waals surface area contributed by atoms with Crippen LogP contribution in [0.4, 0.5) is 0 Å². The Morgan fingerprint density at radius 1 is 1.36 bits per heavy atom. The van der Waals surface area contributed by atoms with E-state index in [0.29, 0.717) is 0 Å². The van der Waals surface area contributed by atoms with Gasteiger partial charge >= 0.3 is 0 Å². The van der Waals surface area contributed by atoms with Crippen LogP contribution in [0.25, 0.3) is 0 Å². The molecule has 2 heterocycles. The third kappa shape index (κ3) is 1.58. The highest BCUT2D eigenvalue weighted by molar-refractivity contribution is 7.09. The van der Waals surface area contributed by atoms with Crippen molar-refractivity contribution in [2.24, 2.45) is 0 Å². The quantitative estimate of drug-likeness (QED) is 0.678. The van der Waals surface area contributed by atoms with Crippen LogP contribution in [0.1, 0.15) is 10.7 Å². The number of carbonyl (C=O) groups excluding carboxylic acids is 2. The van der Waals surface area contributed by atoms with Crippen molar-refractivity contribution >= 4 is 23.2 Å². The number of hydrogen-bond acceptors (Lipinski definition) is 4. The minimum Gasteiger partial charge on any atom is -0.269 e. The molecule has 5 heteroatoms. The summed E-state index contributed by atoms with van der Waals surface area (Å²) in [5.74, 6) is -0.522. The summed E-state index contributed by atoms with van der Waals surface area (Å²) >= 11 is 1.46. The van der Waals surface area contributed by atoms with Crippen LogP contribution in [0.2, 0.25) is 0 Å². The zero-order valence-electron chi connectivity index (χ0n) is 7.56. The first kappa shape index (κ1) is 9.08. The van der Waals surface area contributed by atoms with Gasteiger partial charge in [-0.1, -0.05) is 0 Å². The molecule has 0 radical (unpaired) electrons. The zero-order valence-corrected chi connectivity index (χ0v) is 8.37. The summed E-state index contributed by atoms with van der Waals surface area (Å²) < 4.78 is 0. The Kier molecular flexibility index (Phi) is 2.17. The highest BCUT2D eigenvalue weighted by Gasteiger charge is 2.24. The lowest BCUT2D eigenvalue weighted by Crippen LogP contribution is -2.29. The van der Waals surface area contributed by atoms with Crippen molar-refractivity contribution in [1.29, 1.82) is 0 Å². The van der Waals surface area contributed by atoms with Crippen LogP contribution in [-0.4, -0.2) is 21.7 Å². The van der Waals surface area contributed by atoms with Crippen LogP contribution < -0.4 is 0 Å². The number of thiazole rings is 1. The monoisotopic (exact) mass is 208 g/mol. The molecule has 4 nitrogen and oxygen atoms in total. The lowest BCUT2D eigenvalue weighted by atomic mass is 10.5. The van der Waals surface area contributed by atoms with Crippen molar-refractivity contribution in [2.45, 2.75) is 13.5 Å². The van der Waals surface area contributed by atoms with Gasteiger partial charge in [0.15, 0.2) is 0 Å². The molecule has 2 rings (SSSR count). The molecule has 14 heavy (non-hydrogen) atoms. The van der Waals surface area contributed by atoms with Crippen LogP contribution in [0.5, 0.6) is 0 Å². The number of rotatable bonds is 2. The van der Waals surface area contributed by atoms with Gasteiger partial charge in [0.2, 0.25) is 0 Å². The molecule has 1 aliphatic heterocycles. The Hall–Kier alpha value is -1.49. The molecular weight excluding hydrogens is 200 g/mol. The van der Waals surface area contributed by atoms with E-state index in [1.54, 1.807) is 0 Å². The molecule has 0 saturated heterocycles. The van der Waals surface area contributed by atoms with Gasteiger partial charge in [0, 0.05) is 23.2 Å². The maximum Gasteiger partial charge on any atom is 0.254 e. The first-order chi connectivity index (χ1) is 6.66. The number of aryl methyl sites for hydroxylation is 1. The maximum atomic E-state index is 11.2.